The van der Waals surface area contributed by atoms with Gasteiger partial charge >= 0.3 is 0 Å². The molecule has 2 aliphatic heterocycles. The Morgan fingerprint density at radius 3 is 2.70 bits per heavy atom. The van der Waals surface area contributed by atoms with Crippen LogP contribution in [0.5, 0.6) is 0 Å². The summed E-state index contributed by atoms with van der Waals surface area (Å²) in [7, 11) is 2.46. The molecule has 2 saturated heterocycles. The number of rotatable bonds is 7. The van der Waals surface area contributed by atoms with E-state index in [1.165, 1.54) is 0 Å². The molecule has 8 heteroatoms. The summed E-state index contributed by atoms with van der Waals surface area (Å²) in [6.45, 7) is 0.455. The van der Waals surface area contributed by atoms with Crippen molar-refractivity contribution in [2.45, 2.75) is 42.4 Å². The van der Waals surface area contributed by atoms with Crippen molar-refractivity contribution < 1.29 is 26.8 Å². The molecule has 0 N–H and O–H groups in total. The summed E-state index contributed by atoms with van der Waals surface area (Å²) in [6.07, 6.45) is 0.874. The Morgan fingerprint density at radius 2 is 2.04 bits per heavy atom. The highest BCUT2D eigenvalue weighted by molar-refractivity contribution is 7.85. The molecule has 1 aromatic carbocycles. The summed E-state index contributed by atoms with van der Waals surface area (Å²) in [5.74, 6) is 0. The molecule has 1 saturated carbocycles. The standard InChI is InChI=1S/C15H17BO6S/c1-23(17,18)20-8-7-14-13-15(14,11(21-13)12(16)22-14)19-9-10-5-3-2-4-6-10/h2-6,11-13H,7-9H2,1H3/t11-,12+,13?,14-,15+/m0/s1. The zero-order valence-electron chi connectivity index (χ0n) is 12.7. The lowest BCUT2D eigenvalue weighted by atomic mass is 9.88. The van der Waals surface area contributed by atoms with E-state index in [0.717, 1.165) is 11.8 Å². The Kier molecular flexibility index (Phi) is 3.41. The number of fused-ring (bicyclic) bond motifs is 1. The molecule has 122 valence electrons. The largest absolute Gasteiger partial charge is 0.373 e. The van der Waals surface area contributed by atoms with E-state index in [9.17, 15) is 8.42 Å². The number of ether oxygens (including phenoxy) is 3. The van der Waals surface area contributed by atoms with Gasteiger partial charge in [-0.15, -0.1) is 0 Å². The molecule has 0 spiro atoms. The fourth-order valence-electron chi connectivity index (χ4n) is 3.81. The van der Waals surface area contributed by atoms with E-state index in [0.29, 0.717) is 13.0 Å². The zero-order valence-corrected chi connectivity index (χ0v) is 13.5. The van der Waals surface area contributed by atoms with Crippen LogP contribution in [0.25, 0.3) is 0 Å². The quantitative estimate of drug-likeness (QED) is 0.529. The minimum Gasteiger partial charge on any atom is -0.373 e. The first kappa shape index (κ1) is 15.6. The van der Waals surface area contributed by atoms with Gasteiger partial charge in [0.1, 0.15) is 25.7 Å². The van der Waals surface area contributed by atoms with Crippen LogP contribution >= 0.6 is 0 Å². The second-order valence-electron chi connectivity index (χ2n) is 6.25. The summed E-state index contributed by atoms with van der Waals surface area (Å²) >= 11 is 0. The first-order valence-electron chi connectivity index (χ1n) is 7.50. The molecule has 5 atom stereocenters. The highest BCUT2D eigenvalue weighted by Gasteiger charge is 2.95. The van der Waals surface area contributed by atoms with Crippen LogP contribution in [0.15, 0.2) is 30.3 Å². The fraction of sp³-hybridized carbons (Fsp3) is 0.600. The average molecular weight is 336 g/mol. The molecule has 2 radical (unpaired) electrons. The van der Waals surface area contributed by atoms with Gasteiger partial charge in [0.2, 0.25) is 0 Å². The van der Waals surface area contributed by atoms with Gasteiger partial charge in [0.05, 0.1) is 19.5 Å². The lowest BCUT2D eigenvalue weighted by Gasteiger charge is -2.37. The second-order valence-corrected chi connectivity index (χ2v) is 7.90. The van der Waals surface area contributed by atoms with E-state index in [4.69, 9.17) is 26.2 Å². The van der Waals surface area contributed by atoms with Crippen molar-refractivity contribution >= 4 is 18.0 Å². The Bertz CT molecular complexity index is 710. The number of hydrogen-bond donors (Lipinski definition) is 0. The van der Waals surface area contributed by atoms with E-state index in [-0.39, 0.29) is 18.8 Å². The maximum Gasteiger partial charge on any atom is 0.264 e. The molecule has 3 aliphatic rings. The van der Waals surface area contributed by atoms with E-state index in [1.54, 1.807) is 0 Å². The highest BCUT2D eigenvalue weighted by atomic mass is 32.2. The van der Waals surface area contributed by atoms with Crippen LogP contribution in [0.4, 0.5) is 0 Å². The fourth-order valence-corrected chi connectivity index (χ4v) is 4.20. The molecule has 1 aromatic rings. The maximum absolute atomic E-state index is 11.1. The van der Waals surface area contributed by atoms with Gasteiger partial charge in [-0.2, -0.15) is 8.42 Å². The van der Waals surface area contributed by atoms with Crippen molar-refractivity contribution in [1.82, 2.24) is 0 Å². The van der Waals surface area contributed by atoms with Crippen LogP contribution in [-0.4, -0.2) is 58.5 Å². The monoisotopic (exact) mass is 336 g/mol. The SMILES string of the molecule is [B][C@@H]1O[C@@]2(CCOS(C)(=O)=O)C3O[C@@H]1[C@@]32OCc1ccccc1. The topological polar surface area (TPSA) is 71.1 Å². The van der Waals surface area contributed by atoms with E-state index in [2.05, 4.69) is 0 Å². The molecule has 6 nitrogen and oxygen atoms in total. The third-order valence-corrected chi connectivity index (χ3v) is 5.43. The molecule has 23 heavy (non-hydrogen) atoms. The summed E-state index contributed by atoms with van der Waals surface area (Å²) in [5, 5.41) is 0. The third kappa shape index (κ3) is 2.20. The molecule has 4 rings (SSSR count). The zero-order chi connectivity index (χ0) is 16.3. The Labute approximate surface area is 136 Å². The molecular weight excluding hydrogens is 319 g/mol. The maximum atomic E-state index is 11.1. The Morgan fingerprint density at radius 1 is 1.30 bits per heavy atom. The van der Waals surface area contributed by atoms with Gasteiger partial charge in [0.15, 0.2) is 5.60 Å². The van der Waals surface area contributed by atoms with Crippen molar-refractivity contribution in [1.29, 1.82) is 0 Å². The van der Waals surface area contributed by atoms with Crippen LogP contribution in [0.2, 0.25) is 0 Å². The first-order chi connectivity index (χ1) is 10.9. The van der Waals surface area contributed by atoms with Gasteiger partial charge in [0, 0.05) is 12.4 Å². The van der Waals surface area contributed by atoms with Crippen LogP contribution in [0, 0.1) is 0 Å². The van der Waals surface area contributed by atoms with Crippen LogP contribution in [0.1, 0.15) is 12.0 Å². The van der Waals surface area contributed by atoms with Crippen LogP contribution < -0.4 is 0 Å². The van der Waals surface area contributed by atoms with Crippen molar-refractivity contribution in [2.75, 3.05) is 12.9 Å². The van der Waals surface area contributed by atoms with Gasteiger partial charge < -0.3 is 14.2 Å². The first-order valence-corrected chi connectivity index (χ1v) is 9.32. The minimum absolute atomic E-state index is 0.0224. The molecule has 1 unspecified atom stereocenters. The van der Waals surface area contributed by atoms with Gasteiger partial charge in [-0.1, -0.05) is 30.3 Å². The van der Waals surface area contributed by atoms with Gasteiger partial charge in [0.25, 0.3) is 10.1 Å². The average Bonchev–Trinajstić information content (AvgIpc) is 2.78. The van der Waals surface area contributed by atoms with Crippen molar-refractivity contribution in [3.05, 3.63) is 35.9 Å². The summed E-state index contributed by atoms with van der Waals surface area (Å²) in [5.41, 5.74) is -0.227. The molecule has 3 fully saturated rings. The van der Waals surface area contributed by atoms with Crippen LogP contribution in [0.3, 0.4) is 0 Å². The normalized spacial score (nSPS) is 40.5. The molecular formula is C15H17BO6S. The van der Waals surface area contributed by atoms with Crippen molar-refractivity contribution in [3.63, 3.8) is 0 Å². The summed E-state index contributed by atoms with van der Waals surface area (Å²) in [6, 6.07) is 9.25. The smallest absolute Gasteiger partial charge is 0.264 e. The third-order valence-electron chi connectivity index (χ3n) is 4.83. The molecule has 0 aromatic heterocycles. The Balaban J connectivity index is 1.45. The number of benzene rings is 1. The molecule has 0 bridgehead atoms. The van der Waals surface area contributed by atoms with Gasteiger partial charge in [-0.3, -0.25) is 4.18 Å². The second kappa shape index (κ2) is 5.03. The van der Waals surface area contributed by atoms with E-state index in [1.807, 2.05) is 30.3 Å². The van der Waals surface area contributed by atoms with E-state index >= 15 is 0 Å². The lowest BCUT2D eigenvalue weighted by Crippen LogP contribution is -2.53. The van der Waals surface area contributed by atoms with Gasteiger partial charge in [-0.05, 0) is 5.56 Å². The Hall–Kier alpha value is -0.925. The highest BCUT2D eigenvalue weighted by Crippen LogP contribution is 2.73. The summed E-state index contributed by atoms with van der Waals surface area (Å²) in [4.78, 5) is 0. The van der Waals surface area contributed by atoms with Crippen molar-refractivity contribution in [2.24, 2.45) is 0 Å². The minimum atomic E-state index is -3.48. The molecule has 0 amide bonds. The van der Waals surface area contributed by atoms with Crippen molar-refractivity contribution in [3.8, 4) is 0 Å². The van der Waals surface area contributed by atoms with Gasteiger partial charge in [-0.25, -0.2) is 0 Å². The van der Waals surface area contributed by atoms with Crippen LogP contribution in [-0.2, 0) is 35.1 Å². The predicted molar refractivity (Wildman–Crippen MR) is 81.4 cm³/mol. The summed E-state index contributed by atoms with van der Waals surface area (Å²) < 4.78 is 44.8. The molecule has 1 aliphatic carbocycles. The predicted octanol–water partition coefficient (Wildman–Crippen LogP) is 0.353. The molecule has 2 heterocycles. The number of hydrogen-bond acceptors (Lipinski definition) is 6. The van der Waals surface area contributed by atoms with E-state index < -0.39 is 27.3 Å². The lowest BCUT2D eigenvalue weighted by molar-refractivity contribution is -0.213.